The first-order valence-electron chi connectivity index (χ1n) is 32.5. The molecule has 1 atom stereocenters. The van der Waals surface area contributed by atoms with Gasteiger partial charge in [-0.1, -0.05) is 269 Å². The number of hydrogen-bond donors (Lipinski definition) is 0. The molecule has 0 N–H and O–H groups in total. The Kier molecular flexibility index (Phi) is 62.4. The van der Waals surface area contributed by atoms with Crippen LogP contribution in [0.25, 0.3) is 0 Å². The zero-order valence-corrected chi connectivity index (χ0v) is 51.5. The highest BCUT2D eigenvalue weighted by atomic mass is 16.6. The first-order valence-corrected chi connectivity index (χ1v) is 32.5. The predicted octanol–water partition coefficient (Wildman–Crippen LogP) is 22.5. The fourth-order valence-electron chi connectivity index (χ4n) is 8.45. The summed E-state index contributed by atoms with van der Waals surface area (Å²) >= 11 is 0. The second-order valence-electron chi connectivity index (χ2n) is 20.9. The first kappa shape index (κ1) is 75.0. The highest BCUT2D eigenvalue weighted by Crippen LogP contribution is 2.15. The van der Waals surface area contributed by atoms with Gasteiger partial charge in [0, 0.05) is 19.3 Å². The standard InChI is InChI=1S/C74H118O6/c1-4-7-10-13-16-19-22-24-26-28-30-32-34-36-37-39-40-42-44-46-48-50-52-55-58-61-64-67-73(76)79-70-71(69-78-72(75)66-63-60-57-54-21-18-15-12-9-6-3)80-74(77)68-65-62-59-56-53-51-49-47-45-43-41-38-35-33-31-29-27-25-23-20-17-14-11-8-5-2/h7-8,10-12,15-17,19-20,24-27,30-33,36-38,40-42,46,48,71H,4-6,9,13-14,18,21-23,28-29,34-35,39,43-45,47,49-70H2,1-3H3/b10-7-,11-8-,15-12-,19-16-,20-17-,26-24-,27-25-,32-30-,33-31-,37-36-,41-38-,42-40-,48-46-. The lowest BCUT2D eigenvalue weighted by molar-refractivity contribution is -0.167. The third kappa shape index (κ3) is 63.9. The van der Waals surface area contributed by atoms with Crippen LogP contribution in [0.2, 0.25) is 0 Å². The van der Waals surface area contributed by atoms with Gasteiger partial charge in [0.25, 0.3) is 0 Å². The lowest BCUT2D eigenvalue weighted by atomic mass is 10.1. The molecule has 0 aliphatic rings. The Morgan fingerprint density at radius 1 is 0.263 bits per heavy atom. The van der Waals surface area contributed by atoms with Crippen molar-refractivity contribution in [3.8, 4) is 0 Å². The van der Waals surface area contributed by atoms with E-state index in [1.807, 2.05) is 0 Å². The molecular weight excluding hydrogens is 985 g/mol. The maximum Gasteiger partial charge on any atom is 0.306 e. The first-order chi connectivity index (χ1) is 39.5. The van der Waals surface area contributed by atoms with Gasteiger partial charge in [-0.15, -0.1) is 0 Å². The van der Waals surface area contributed by atoms with Crippen molar-refractivity contribution in [1.29, 1.82) is 0 Å². The molecule has 6 nitrogen and oxygen atoms in total. The molecule has 0 fully saturated rings. The average Bonchev–Trinajstić information content (AvgIpc) is 3.46. The number of hydrogen-bond acceptors (Lipinski definition) is 6. The van der Waals surface area contributed by atoms with E-state index in [0.29, 0.717) is 19.3 Å². The Bertz CT molecular complexity index is 1790. The molecule has 0 saturated heterocycles. The van der Waals surface area contributed by atoms with Gasteiger partial charge >= 0.3 is 17.9 Å². The molecule has 0 aromatic carbocycles. The van der Waals surface area contributed by atoms with Crippen molar-refractivity contribution in [2.75, 3.05) is 13.2 Å². The monoisotopic (exact) mass is 1100 g/mol. The Morgan fingerprint density at radius 2 is 0.487 bits per heavy atom. The lowest BCUT2D eigenvalue weighted by Crippen LogP contribution is -2.30. The largest absolute Gasteiger partial charge is 0.462 e. The van der Waals surface area contributed by atoms with E-state index in [-0.39, 0.29) is 31.1 Å². The van der Waals surface area contributed by atoms with Crippen molar-refractivity contribution in [2.24, 2.45) is 0 Å². The van der Waals surface area contributed by atoms with Crippen molar-refractivity contribution in [1.82, 2.24) is 0 Å². The van der Waals surface area contributed by atoms with Gasteiger partial charge in [-0.25, -0.2) is 0 Å². The summed E-state index contributed by atoms with van der Waals surface area (Å²) in [5, 5.41) is 0. The number of ether oxygens (including phenoxy) is 3. The SMILES string of the molecule is CC/C=C\C/C=C\C/C=C\C/C=C\C/C=C\C/C=C\C/C=C\CCCCCCCC(=O)OCC(COC(=O)CCCCCCC/C=C\CCC)OC(=O)CCCCCCCCCCC/C=C\C/C=C\C/C=C\C/C=C\C/C=C\CC. The van der Waals surface area contributed by atoms with Crippen LogP contribution in [0, 0.1) is 0 Å². The minimum atomic E-state index is -0.801. The van der Waals surface area contributed by atoms with Crippen molar-refractivity contribution in [3.63, 3.8) is 0 Å². The van der Waals surface area contributed by atoms with E-state index >= 15 is 0 Å². The number of esters is 3. The average molecular weight is 1100 g/mol. The van der Waals surface area contributed by atoms with Crippen molar-refractivity contribution < 1.29 is 28.6 Å². The molecule has 0 aliphatic heterocycles. The molecule has 80 heavy (non-hydrogen) atoms. The van der Waals surface area contributed by atoms with E-state index in [9.17, 15) is 14.4 Å². The predicted molar refractivity (Wildman–Crippen MR) is 348 cm³/mol. The van der Waals surface area contributed by atoms with Crippen LogP contribution in [0.5, 0.6) is 0 Å². The summed E-state index contributed by atoms with van der Waals surface area (Å²) in [6.45, 7) is 6.32. The molecule has 0 spiro atoms. The summed E-state index contributed by atoms with van der Waals surface area (Å²) in [6, 6.07) is 0. The molecule has 0 aliphatic carbocycles. The van der Waals surface area contributed by atoms with E-state index in [1.54, 1.807) is 0 Å². The van der Waals surface area contributed by atoms with Crippen LogP contribution in [0.3, 0.4) is 0 Å². The van der Waals surface area contributed by atoms with Gasteiger partial charge in [-0.05, 0) is 141 Å². The number of unbranched alkanes of at least 4 members (excludes halogenated alkanes) is 20. The smallest absolute Gasteiger partial charge is 0.306 e. The molecular formula is C74H118O6. The number of carbonyl (C=O) groups is 3. The number of allylic oxidation sites excluding steroid dienone is 26. The number of rotatable bonds is 57. The second-order valence-corrected chi connectivity index (χ2v) is 20.9. The summed E-state index contributed by atoms with van der Waals surface area (Å²) in [6.07, 6.45) is 96.8. The maximum absolute atomic E-state index is 12.9. The summed E-state index contributed by atoms with van der Waals surface area (Å²) in [4.78, 5) is 38.3. The molecule has 0 bridgehead atoms. The normalized spacial score (nSPS) is 13.2. The van der Waals surface area contributed by atoms with E-state index in [0.717, 1.165) is 180 Å². The van der Waals surface area contributed by atoms with Crippen LogP contribution in [-0.4, -0.2) is 37.2 Å². The third-order valence-electron chi connectivity index (χ3n) is 13.2. The summed E-state index contributed by atoms with van der Waals surface area (Å²) in [5.41, 5.74) is 0. The molecule has 0 amide bonds. The molecule has 0 rings (SSSR count). The Hall–Kier alpha value is -4.97. The minimum absolute atomic E-state index is 0.0971. The third-order valence-corrected chi connectivity index (χ3v) is 13.2. The van der Waals surface area contributed by atoms with Crippen LogP contribution < -0.4 is 0 Å². The van der Waals surface area contributed by atoms with Crippen LogP contribution >= 0.6 is 0 Å². The Labute approximate surface area is 492 Å². The van der Waals surface area contributed by atoms with Crippen LogP contribution in [0.15, 0.2) is 158 Å². The molecule has 0 radical (unpaired) electrons. The molecule has 0 saturated carbocycles. The summed E-state index contributed by atoms with van der Waals surface area (Å²) < 4.78 is 16.9. The Balaban J connectivity index is 4.34. The van der Waals surface area contributed by atoms with Gasteiger partial charge in [0.2, 0.25) is 0 Å². The fraction of sp³-hybridized carbons (Fsp3) is 0.608. The lowest BCUT2D eigenvalue weighted by Gasteiger charge is -2.18. The van der Waals surface area contributed by atoms with Gasteiger partial charge in [0.1, 0.15) is 13.2 Å². The maximum atomic E-state index is 12.9. The fourth-order valence-corrected chi connectivity index (χ4v) is 8.45. The highest BCUT2D eigenvalue weighted by molar-refractivity contribution is 5.71. The molecule has 1 unspecified atom stereocenters. The van der Waals surface area contributed by atoms with Gasteiger partial charge in [-0.3, -0.25) is 14.4 Å². The van der Waals surface area contributed by atoms with E-state index in [1.165, 1.54) is 51.4 Å². The molecule has 0 aromatic rings. The molecule has 0 aromatic heterocycles. The van der Waals surface area contributed by atoms with Gasteiger partial charge in [0.15, 0.2) is 6.10 Å². The van der Waals surface area contributed by atoms with Crippen molar-refractivity contribution in [2.45, 2.75) is 277 Å². The topological polar surface area (TPSA) is 78.9 Å². The zero-order valence-electron chi connectivity index (χ0n) is 51.5. The summed E-state index contributed by atoms with van der Waals surface area (Å²) in [5.74, 6) is -0.936. The zero-order chi connectivity index (χ0) is 57.8. The van der Waals surface area contributed by atoms with Gasteiger partial charge < -0.3 is 14.2 Å². The van der Waals surface area contributed by atoms with Gasteiger partial charge in [-0.2, -0.15) is 0 Å². The Morgan fingerprint density at radius 3 is 0.775 bits per heavy atom. The van der Waals surface area contributed by atoms with Crippen molar-refractivity contribution in [3.05, 3.63) is 158 Å². The van der Waals surface area contributed by atoms with E-state index < -0.39 is 6.10 Å². The number of carbonyl (C=O) groups excluding carboxylic acids is 3. The summed E-state index contributed by atoms with van der Waals surface area (Å²) in [7, 11) is 0. The highest BCUT2D eigenvalue weighted by Gasteiger charge is 2.19. The second kappa shape index (κ2) is 66.5. The molecule has 6 heteroatoms. The molecule has 450 valence electrons. The van der Waals surface area contributed by atoms with E-state index in [2.05, 4.69) is 179 Å². The molecule has 0 heterocycles. The van der Waals surface area contributed by atoms with Crippen LogP contribution in [0.4, 0.5) is 0 Å². The minimum Gasteiger partial charge on any atom is -0.462 e. The van der Waals surface area contributed by atoms with Crippen LogP contribution in [-0.2, 0) is 28.6 Å². The van der Waals surface area contributed by atoms with Crippen LogP contribution in [0.1, 0.15) is 271 Å². The quantitative estimate of drug-likeness (QED) is 0.0261. The van der Waals surface area contributed by atoms with Crippen molar-refractivity contribution >= 4 is 17.9 Å². The van der Waals surface area contributed by atoms with E-state index in [4.69, 9.17) is 14.2 Å². The van der Waals surface area contributed by atoms with Gasteiger partial charge in [0.05, 0.1) is 0 Å².